The van der Waals surface area contributed by atoms with E-state index >= 15 is 0 Å². The van der Waals surface area contributed by atoms with Gasteiger partial charge in [-0.1, -0.05) is 128 Å². The Hall–Kier alpha value is -3.12. The zero-order valence-electron chi connectivity index (χ0n) is 13.8. The summed E-state index contributed by atoms with van der Waals surface area (Å²) in [6, 6.07) is 20.9. The van der Waals surface area contributed by atoms with Crippen LogP contribution in [0.5, 0.6) is 0 Å². The van der Waals surface area contributed by atoms with Crippen molar-refractivity contribution in [3.63, 3.8) is 0 Å². The van der Waals surface area contributed by atoms with Crippen LogP contribution in [-0.4, -0.2) is 0 Å². The number of hydrogen-bond donors (Lipinski definition) is 0. The van der Waals surface area contributed by atoms with Gasteiger partial charge in [-0.15, -0.1) is 0 Å². The van der Waals surface area contributed by atoms with Crippen LogP contribution in [0.4, 0.5) is 0 Å². The molecule has 0 fully saturated rings. The van der Waals surface area contributed by atoms with E-state index in [1.54, 1.807) is 6.08 Å². The van der Waals surface area contributed by atoms with Gasteiger partial charge in [0, 0.05) is 0 Å². The molecule has 0 nitrogen and oxygen atoms in total. The highest BCUT2D eigenvalue weighted by atomic mass is 14.1. The Morgan fingerprint density at radius 1 is 0.542 bits per heavy atom. The van der Waals surface area contributed by atoms with E-state index in [0.29, 0.717) is 0 Å². The van der Waals surface area contributed by atoms with Gasteiger partial charge in [0.05, 0.1) is 0 Å². The van der Waals surface area contributed by atoms with E-state index in [9.17, 15) is 0 Å². The molecule has 0 aromatic heterocycles. The molecule has 0 bridgehead atoms. The third kappa shape index (κ3) is 5.94. The van der Waals surface area contributed by atoms with E-state index in [0.717, 1.165) is 0 Å². The molecule has 0 heteroatoms. The molecule has 0 radical (unpaired) electrons. The summed E-state index contributed by atoms with van der Waals surface area (Å²) in [7, 11) is 0. The molecular formula is C24H22. The predicted molar refractivity (Wildman–Crippen MR) is 107 cm³/mol. The quantitative estimate of drug-likeness (QED) is 0.510. The molecule has 0 amide bonds. The average Bonchev–Trinajstić information content (AvgIpc) is 2.65. The lowest BCUT2D eigenvalue weighted by molar-refractivity contribution is 1.55. The molecule has 0 atom stereocenters. The van der Waals surface area contributed by atoms with E-state index in [-0.39, 0.29) is 0 Å². The fourth-order valence-electron chi connectivity index (χ4n) is 2.21. The van der Waals surface area contributed by atoms with Gasteiger partial charge in [-0.05, 0) is 16.7 Å². The molecule has 0 aliphatic rings. The molecule has 0 saturated carbocycles. The summed E-state index contributed by atoms with van der Waals surface area (Å²) in [6.45, 7) is 3.63. The number of allylic oxidation sites excluding steroid dienone is 10. The van der Waals surface area contributed by atoms with Gasteiger partial charge < -0.3 is 0 Å². The van der Waals surface area contributed by atoms with Crippen molar-refractivity contribution in [1.29, 1.82) is 0 Å². The lowest BCUT2D eigenvalue weighted by atomic mass is 9.97. The standard InChI is InChI=1S/C24H22/c1-2-3-4-5-6-7-8-9-16-21-24(22-17-12-10-13-18-22)23-19-14-11-15-20-23/h2-21H,1H2. The van der Waals surface area contributed by atoms with Crippen molar-refractivity contribution in [2.24, 2.45) is 0 Å². The Morgan fingerprint density at radius 2 is 0.958 bits per heavy atom. The second-order valence-corrected chi connectivity index (χ2v) is 5.09. The third-order valence-electron chi connectivity index (χ3n) is 3.35. The molecule has 118 valence electrons. The lowest BCUT2D eigenvalue weighted by Crippen LogP contribution is -1.86. The zero-order valence-corrected chi connectivity index (χ0v) is 13.8. The van der Waals surface area contributed by atoms with Crippen LogP contribution in [0.2, 0.25) is 0 Å². The van der Waals surface area contributed by atoms with Crippen molar-refractivity contribution in [2.75, 3.05) is 0 Å². The molecule has 24 heavy (non-hydrogen) atoms. The molecule has 0 spiro atoms. The summed E-state index contributed by atoms with van der Waals surface area (Å²) in [4.78, 5) is 0. The molecule has 2 aromatic carbocycles. The largest absolute Gasteiger partial charge is 0.0991 e. The van der Waals surface area contributed by atoms with E-state index in [1.807, 2.05) is 54.7 Å². The first-order valence-electron chi connectivity index (χ1n) is 8.02. The van der Waals surface area contributed by atoms with Gasteiger partial charge in [0.1, 0.15) is 0 Å². The summed E-state index contributed by atoms with van der Waals surface area (Å²) >= 11 is 0. The highest BCUT2D eigenvalue weighted by molar-refractivity contribution is 5.80. The summed E-state index contributed by atoms with van der Waals surface area (Å²) in [5.41, 5.74) is 3.64. The van der Waals surface area contributed by atoms with Crippen LogP contribution in [0.15, 0.2) is 128 Å². The van der Waals surface area contributed by atoms with Gasteiger partial charge in [-0.25, -0.2) is 0 Å². The highest BCUT2D eigenvalue weighted by Crippen LogP contribution is 2.23. The van der Waals surface area contributed by atoms with Crippen LogP contribution in [0.1, 0.15) is 11.1 Å². The van der Waals surface area contributed by atoms with Crippen molar-refractivity contribution in [3.05, 3.63) is 139 Å². The molecule has 2 aromatic rings. The third-order valence-corrected chi connectivity index (χ3v) is 3.35. The van der Waals surface area contributed by atoms with Crippen LogP contribution in [0.25, 0.3) is 5.57 Å². The van der Waals surface area contributed by atoms with Crippen molar-refractivity contribution < 1.29 is 0 Å². The SMILES string of the molecule is C=CC=CC=CC=CC=CC=C(c1ccccc1)c1ccccc1. The van der Waals surface area contributed by atoms with Crippen LogP contribution >= 0.6 is 0 Å². The zero-order chi connectivity index (χ0) is 16.9. The normalized spacial score (nSPS) is 11.7. The lowest BCUT2D eigenvalue weighted by Gasteiger charge is -2.07. The molecular weight excluding hydrogens is 288 g/mol. The first-order valence-corrected chi connectivity index (χ1v) is 8.02. The fraction of sp³-hybridized carbons (Fsp3) is 0. The van der Waals surface area contributed by atoms with Crippen molar-refractivity contribution in [2.45, 2.75) is 0 Å². The van der Waals surface area contributed by atoms with E-state index in [4.69, 9.17) is 0 Å². The average molecular weight is 310 g/mol. The molecule has 0 aliphatic heterocycles. The van der Waals surface area contributed by atoms with Gasteiger partial charge >= 0.3 is 0 Å². The smallest absolute Gasteiger partial charge is 0.0111 e. The Bertz CT molecular complexity index is 713. The minimum absolute atomic E-state index is 1.21. The van der Waals surface area contributed by atoms with Crippen molar-refractivity contribution in [1.82, 2.24) is 0 Å². The summed E-state index contributed by atoms with van der Waals surface area (Å²) < 4.78 is 0. The van der Waals surface area contributed by atoms with Crippen molar-refractivity contribution >= 4 is 5.57 Å². The van der Waals surface area contributed by atoms with Gasteiger partial charge in [-0.3, -0.25) is 0 Å². The minimum atomic E-state index is 1.21. The molecule has 0 saturated heterocycles. The van der Waals surface area contributed by atoms with Crippen LogP contribution in [0, 0.1) is 0 Å². The molecule has 0 N–H and O–H groups in total. The minimum Gasteiger partial charge on any atom is -0.0991 e. The highest BCUT2D eigenvalue weighted by Gasteiger charge is 2.02. The van der Waals surface area contributed by atoms with Gasteiger partial charge in [0.2, 0.25) is 0 Å². The Kier molecular flexibility index (Phi) is 7.60. The maximum Gasteiger partial charge on any atom is -0.0111 e. The van der Waals surface area contributed by atoms with Crippen LogP contribution in [-0.2, 0) is 0 Å². The maximum absolute atomic E-state index is 3.63. The van der Waals surface area contributed by atoms with Gasteiger partial charge in [0.15, 0.2) is 0 Å². The Labute approximate surface area is 145 Å². The summed E-state index contributed by atoms with van der Waals surface area (Å²) in [5, 5.41) is 0. The van der Waals surface area contributed by atoms with Gasteiger partial charge in [0.25, 0.3) is 0 Å². The molecule has 0 unspecified atom stereocenters. The van der Waals surface area contributed by atoms with E-state index in [1.165, 1.54) is 16.7 Å². The Morgan fingerprint density at radius 3 is 1.42 bits per heavy atom. The van der Waals surface area contributed by atoms with E-state index < -0.39 is 0 Å². The van der Waals surface area contributed by atoms with Crippen LogP contribution in [0.3, 0.4) is 0 Å². The second-order valence-electron chi connectivity index (χ2n) is 5.09. The summed E-state index contributed by atoms with van der Waals surface area (Å²) in [6.07, 6.45) is 19.8. The second kappa shape index (κ2) is 10.6. The topological polar surface area (TPSA) is 0 Å². The molecule has 0 aliphatic carbocycles. The molecule has 0 heterocycles. The maximum atomic E-state index is 3.63. The first kappa shape index (κ1) is 17.2. The fourth-order valence-corrected chi connectivity index (χ4v) is 2.21. The van der Waals surface area contributed by atoms with Crippen LogP contribution < -0.4 is 0 Å². The predicted octanol–water partition coefficient (Wildman–Crippen LogP) is 6.53. The van der Waals surface area contributed by atoms with Gasteiger partial charge in [-0.2, -0.15) is 0 Å². The first-order chi connectivity index (χ1) is 11.9. The Balaban J connectivity index is 2.13. The monoisotopic (exact) mass is 310 g/mol. The number of benzene rings is 2. The van der Waals surface area contributed by atoms with E-state index in [2.05, 4.69) is 67.3 Å². The summed E-state index contributed by atoms with van der Waals surface area (Å²) in [5.74, 6) is 0. The van der Waals surface area contributed by atoms with Crippen molar-refractivity contribution in [3.8, 4) is 0 Å². The number of hydrogen-bond acceptors (Lipinski definition) is 0. The molecule has 2 rings (SSSR count). The number of rotatable bonds is 7.